The van der Waals surface area contributed by atoms with E-state index in [-0.39, 0.29) is 11.9 Å². The normalized spacial score (nSPS) is 19.6. The van der Waals surface area contributed by atoms with E-state index in [4.69, 9.17) is 0 Å². The lowest BCUT2D eigenvalue weighted by Gasteiger charge is -2.38. The number of nitrogens with zero attached hydrogens (tertiary/aromatic N) is 4. The van der Waals surface area contributed by atoms with Crippen LogP contribution >= 0.6 is 0 Å². The number of carbonyl (C=O) groups is 1. The van der Waals surface area contributed by atoms with Gasteiger partial charge >= 0.3 is 0 Å². The summed E-state index contributed by atoms with van der Waals surface area (Å²) in [6, 6.07) is 19.1. The Bertz CT molecular complexity index is 869. The average Bonchev–Trinajstić information content (AvgIpc) is 2.85. The number of nitrogens with one attached hydrogen (secondary N) is 1. The summed E-state index contributed by atoms with van der Waals surface area (Å²) < 4.78 is 0. The monoisotopic (exact) mass is 449 g/mol. The van der Waals surface area contributed by atoms with E-state index in [2.05, 4.69) is 70.1 Å². The molecule has 1 amide bonds. The van der Waals surface area contributed by atoms with E-state index in [1.807, 2.05) is 30.3 Å². The van der Waals surface area contributed by atoms with Gasteiger partial charge in [-0.25, -0.2) is 0 Å². The van der Waals surface area contributed by atoms with Crippen molar-refractivity contribution in [3.05, 3.63) is 65.7 Å². The second-order valence-corrected chi connectivity index (χ2v) is 9.70. The SMILES string of the molecule is CC(C)N1CCN(c2ccc(C(=O)NC(CN3CCN(C)CC3)c3ccccc3)cc2)CC1. The van der Waals surface area contributed by atoms with E-state index in [0.717, 1.165) is 70.0 Å². The van der Waals surface area contributed by atoms with Crippen molar-refractivity contribution in [3.8, 4) is 0 Å². The quantitative estimate of drug-likeness (QED) is 0.704. The van der Waals surface area contributed by atoms with Gasteiger partial charge in [-0.1, -0.05) is 30.3 Å². The van der Waals surface area contributed by atoms with Gasteiger partial charge in [0.15, 0.2) is 0 Å². The minimum absolute atomic E-state index is 0.00541. The highest BCUT2D eigenvalue weighted by Gasteiger charge is 2.22. The van der Waals surface area contributed by atoms with Crippen molar-refractivity contribution >= 4 is 11.6 Å². The van der Waals surface area contributed by atoms with Gasteiger partial charge in [0.25, 0.3) is 5.91 Å². The van der Waals surface area contributed by atoms with Gasteiger partial charge in [-0.05, 0) is 50.7 Å². The zero-order chi connectivity index (χ0) is 23.2. The first-order chi connectivity index (χ1) is 16.0. The highest BCUT2D eigenvalue weighted by Crippen LogP contribution is 2.20. The van der Waals surface area contributed by atoms with Gasteiger partial charge in [-0.2, -0.15) is 0 Å². The van der Waals surface area contributed by atoms with E-state index in [1.54, 1.807) is 0 Å². The topological polar surface area (TPSA) is 42.1 Å². The van der Waals surface area contributed by atoms with Crippen LogP contribution in [0.5, 0.6) is 0 Å². The van der Waals surface area contributed by atoms with E-state index in [0.29, 0.717) is 6.04 Å². The van der Waals surface area contributed by atoms with Gasteiger partial charge in [-0.15, -0.1) is 0 Å². The maximum Gasteiger partial charge on any atom is 0.251 e. The molecule has 1 unspecified atom stereocenters. The van der Waals surface area contributed by atoms with Crippen LogP contribution in [0.3, 0.4) is 0 Å². The Balaban J connectivity index is 1.39. The maximum absolute atomic E-state index is 13.2. The molecule has 2 aliphatic rings. The third kappa shape index (κ3) is 6.34. The van der Waals surface area contributed by atoms with Crippen molar-refractivity contribution in [3.63, 3.8) is 0 Å². The van der Waals surface area contributed by atoms with Crippen LogP contribution in [0.2, 0.25) is 0 Å². The largest absolute Gasteiger partial charge is 0.369 e. The molecule has 33 heavy (non-hydrogen) atoms. The first-order valence-electron chi connectivity index (χ1n) is 12.4. The van der Waals surface area contributed by atoms with Crippen LogP contribution in [0.25, 0.3) is 0 Å². The molecule has 2 fully saturated rings. The minimum atomic E-state index is -0.0223. The first kappa shape index (κ1) is 23.7. The number of amides is 1. The highest BCUT2D eigenvalue weighted by molar-refractivity contribution is 5.94. The molecule has 2 heterocycles. The van der Waals surface area contributed by atoms with Gasteiger partial charge in [0, 0.05) is 76.2 Å². The Labute approximate surface area is 199 Å². The summed E-state index contributed by atoms with van der Waals surface area (Å²) in [5.74, 6) is -0.00541. The molecule has 0 bridgehead atoms. The maximum atomic E-state index is 13.2. The molecule has 2 aliphatic heterocycles. The predicted octanol–water partition coefficient (Wildman–Crippen LogP) is 2.94. The highest BCUT2D eigenvalue weighted by atomic mass is 16.1. The summed E-state index contributed by atoms with van der Waals surface area (Å²) in [6.45, 7) is 13.8. The molecule has 0 spiro atoms. The number of piperazine rings is 2. The number of benzene rings is 2. The molecule has 1 N–H and O–H groups in total. The fraction of sp³-hybridized carbons (Fsp3) is 0.519. The summed E-state index contributed by atoms with van der Waals surface area (Å²) in [5.41, 5.74) is 3.08. The van der Waals surface area contributed by atoms with Gasteiger partial charge in [0.1, 0.15) is 0 Å². The molecule has 0 aliphatic carbocycles. The van der Waals surface area contributed by atoms with Gasteiger partial charge in [0.05, 0.1) is 6.04 Å². The molecule has 4 rings (SSSR count). The summed E-state index contributed by atoms with van der Waals surface area (Å²) in [4.78, 5) is 22.9. The molecule has 2 aromatic carbocycles. The van der Waals surface area contributed by atoms with Crippen molar-refractivity contribution in [1.29, 1.82) is 0 Å². The van der Waals surface area contributed by atoms with E-state index < -0.39 is 0 Å². The van der Waals surface area contributed by atoms with Crippen LogP contribution in [0.1, 0.15) is 35.8 Å². The molecule has 0 saturated carbocycles. The summed E-state index contributed by atoms with van der Waals surface area (Å²) in [5, 5.41) is 3.31. The van der Waals surface area contributed by atoms with Crippen LogP contribution in [0.4, 0.5) is 5.69 Å². The smallest absolute Gasteiger partial charge is 0.251 e. The Hall–Kier alpha value is -2.41. The fourth-order valence-corrected chi connectivity index (χ4v) is 4.77. The Kier molecular flexibility index (Phi) is 8.02. The average molecular weight is 450 g/mol. The standard InChI is InChI=1S/C27H39N5O/c1-22(2)31-17-19-32(20-18-31)25-11-9-24(10-12-25)27(33)28-26(23-7-5-4-6-8-23)21-30-15-13-29(3)14-16-30/h4-12,22,26H,13-21H2,1-3H3,(H,28,33). The zero-order valence-electron chi connectivity index (χ0n) is 20.4. The van der Waals surface area contributed by atoms with E-state index in [9.17, 15) is 4.79 Å². The van der Waals surface area contributed by atoms with Gasteiger partial charge < -0.3 is 15.1 Å². The van der Waals surface area contributed by atoms with Crippen molar-refractivity contribution in [2.75, 3.05) is 70.9 Å². The fourth-order valence-electron chi connectivity index (χ4n) is 4.77. The lowest BCUT2D eigenvalue weighted by atomic mass is 10.0. The molecule has 0 radical (unpaired) electrons. The number of hydrogen-bond acceptors (Lipinski definition) is 5. The van der Waals surface area contributed by atoms with Gasteiger partial charge in [-0.3, -0.25) is 14.6 Å². The van der Waals surface area contributed by atoms with E-state index >= 15 is 0 Å². The summed E-state index contributed by atoms with van der Waals surface area (Å²) >= 11 is 0. The van der Waals surface area contributed by atoms with Gasteiger partial charge in [0.2, 0.25) is 0 Å². The second-order valence-electron chi connectivity index (χ2n) is 9.70. The number of hydrogen-bond donors (Lipinski definition) is 1. The predicted molar refractivity (Wildman–Crippen MR) is 136 cm³/mol. The molecule has 2 aromatic rings. The Morgan fingerprint density at radius 3 is 2.09 bits per heavy atom. The third-order valence-corrected chi connectivity index (χ3v) is 7.08. The molecule has 2 saturated heterocycles. The molecular formula is C27H39N5O. The van der Waals surface area contributed by atoms with Crippen LogP contribution in [-0.4, -0.2) is 92.6 Å². The molecular weight excluding hydrogens is 410 g/mol. The number of likely N-dealkylation sites (N-methyl/N-ethyl adjacent to an activating group) is 1. The lowest BCUT2D eigenvalue weighted by molar-refractivity contribution is 0.0907. The summed E-state index contributed by atoms with van der Waals surface area (Å²) in [7, 11) is 2.17. The Morgan fingerprint density at radius 1 is 0.848 bits per heavy atom. The van der Waals surface area contributed by atoms with Crippen LogP contribution in [0, 0.1) is 0 Å². The minimum Gasteiger partial charge on any atom is -0.369 e. The van der Waals surface area contributed by atoms with Crippen LogP contribution in [0.15, 0.2) is 54.6 Å². The molecule has 178 valence electrons. The summed E-state index contributed by atoms with van der Waals surface area (Å²) in [6.07, 6.45) is 0. The zero-order valence-corrected chi connectivity index (χ0v) is 20.4. The van der Waals surface area contributed by atoms with Crippen molar-refractivity contribution in [2.24, 2.45) is 0 Å². The van der Waals surface area contributed by atoms with E-state index in [1.165, 1.54) is 5.69 Å². The first-order valence-corrected chi connectivity index (χ1v) is 12.4. The molecule has 6 nitrogen and oxygen atoms in total. The second kappa shape index (κ2) is 11.1. The molecule has 1 atom stereocenters. The van der Waals surface area contributed by atoms with Crippen LogP contribution < -0.4 is 10.2 Å². The molecule has 0 aromatic heterocycles. The third-order valence-electron chi connectivity index (χ3n) is 7.08. The number of carbonyl (C=O) groups excluding carboxylic acids is 1. The Morgan fingerprint density at radius 2 is 1.48 bits per heavy atom. The number of rotatable bonds is 7. The van der Waals surface area contributed by atoms with Crippen molar-refractivity contribution in [1.82, 2.24) is 20.0 Å². The lowest BCUT2D eigenvalue weighted by Crippen LogP contribution is -2.48. The number of anilines is 1. The molecule has 6 heteroatoms. The van der Waals surface area contributed by atoms with Crippen molar-refractivity contribution in [2.45, 2.75) is 25.9 Å². The van der Waals surface area contributed by atoms with Crippen LogP contribution in [-0.2, 0) is 0 Å². The van der Waals surface area contributed by atoms with Crippen molar-refractivity contribution < 1.29 is 4.79 Å².